The molecule has 0 bridgehead atoms. The standard InChI is InChI=1S/C17H21O3P/c1-13-5-3-7-15(11-13)17(9-10-20-21(18)19)16-8-4-6-14(2)12-16/h3-8,11-12,17-19H,9-10H2,1-2H3. The van der Waals surface area contributed by atoms with Crippen LogP contribution in [-0.4, -0.2) is 16.4 Å². The molecule has 0 fully saturated rings. The van der Waals surface area contributed by atoms with Crippen LogP contribution in [0, 0.1) is 13.8 Å². The lowest BCUT2D eigenvalue weighted by atomic mass is 9.87. The van der Waals surface area contributed by atoms with Gasteiger partial charge >= 0.3 is 8.60 Å². The van der Waals surface area contributed by atoms with Gasteiger partial charge in [-0.3, -0.25) is 0 Å². The topological polar surface area (TPSA) is 49.7 Å². The summed E-state index contributed by atoms with van der Waals surface area (Å²) >= 11 is 0. The summed E-state index contributed by atoms with van der Waals surface area (Å²) < 4.78 is 4.95. The van der Waals surface area contributed by atoms with Crippen molar-refractivity contribution in [3.63, 3.8) is 0 Å². The summed E-state index contributed by atoms with van der Waals surface area (Å²) in [5.74, 6) is 0.194. The molecule has 2 N–H and O–H groups in total. The fraction of sp³-hybridized carbons (Fsp3) is 0.294. The first kappa shape index (κ1) is 16.1. The van der Waals surface area contributed by atoms with Gasteiger partial charge in [-0.1, -0.05) is 59.7 Å². The van der Waals surface area contributed by atoms with Gasteiger partial charge < -0.3 is 14.3 Å². The zero-order chi connectivity index (χ0) is 15.2. The Labute approximate surface area is 127 Å². The van der Waals surface area contributed by atoms with Gasteiger partial charge in [-0.15, -0.1) is 0 Å². The van der Waals surface area contributed by atoms with Gasteiger partial charge in [0.05, 0.1) is 6.61 Å². The molecule has 0 heterocycles. The highest BCUT2D eigenvalue weighted by molar-refractivity contribution is 7.39. The number of hydrogen-bond acceptors (Lipinski definition) is 3. The van der Waals surface area contributed by atoms with E-state index >= 15 is 0 Å². The normalized spacial score (nSPS) is 11.3. The number of aryl methyl sites for hydroxylation is 2. The summed E-state index contributed by atoms with van der Waals surface area (Å²) in [4.78, 5) is 17.8. The monoisotopic (exact) mass is 304 g/mol. The molecule has 2 aromatic rings. The van der Waals surface area contributed by atoms with Crippen molar-refractivity contribution in [2.75, 3.05) is 6.61 Å². The van der Waals surface area contributed by atoms with Crippen LogP contribution in [0.1, 0.15) is 34.6 Å². The van der Waals surface area contributed by atoms with E-state index in [-0.39, 0.29) is 5.92 Å². The number of benzene rings is 2. The second kappa shape index (κ2) is 7.67. The lowest BCUT2D eigenvalue weighted by Gasteiger charge is -2.19. The van der Waals surface area contributed by atoms with Crippen LogP contribution < -0.4 is 0 Å². The van der Waals surface area contributed by atoms with E-state index in [0.29, 0.717) is 13.0 Å². The van der Waals surface area contributed by atoms with Crippen molar-refractivity contribution in [1.29, 1.82) is 0 Å². The molecule has 4 heteroatoms. The maximum absolute atomic E-state index is 8.89. The maximum Gasteiger partial charge on any atom is 0.327 e. The highest BCUT2D eigenvalue weighted by Crippen LogP contribution is 2.32. The van der Waals surface area contributed by atoms with E-state index in [1.807, 2.05) is 0 Å². The van der Waals surface area contributed by atoms with Gasteiger partial charge in [-0.25, -0.2) is 0 Å². The predicted octanol–water partition coefficient (Wildman–Crippen LogP) is 4.05. The molecule has 0 unspecified atom stereocenters. The number of hydrogen-bond donors (Lipinski definition) is 2. The highest BCUT2D eigenvalue weighted by atomic mass is 31.2. The Balaban J connectivity index is 2.25. The molecule has 0 saturated carbocycles. The van der Waals surface area contributed by atoms with Crippen LogP contribution in [-0.2, 0) is 4.52 Å². The molecule has 0 aliphatic heterocycles. The molecule has 112 valence electrons. The van der Waals surface area contributed by atoms with Crippen molar-refractivity contribution >= 4 is 8.60 Å². The average Bonchev–Trinajstić information content (AvgIpc) is 2.43. The predicted molar refractivity (Wildman–Crippen MR) is 86.1 cm³/mol. The minimum Gasteiger partial charge on any atom is -0.328 e. The smallest absolute Gasteiger partial charge is 0.327 e. The number of rotatable bonds is 6. The molecule has 0 saturated heterocycles. The van der Waals surface area contributed by atoms with E-state index in [0.717, 1.165) is 0 Å². The summed E-state index contributed by atoms with van der Waals surface area (Å²) in [6.45, 7) is 4.48. The fourth-order valence-electron chi connectivity index (χ4n) is 2.55. The summed E-state index contributed by atoms with van der Waals surface area (Å²) in [5, 5.41) is 0. The first-order valence-electron chi connectivity index (χ1n) is 7.00. The minimum atomic E-state index is -2.28. The van der Waals surface area contributed by atoms with E-state index in [1.165, 1.54) is 22.3 Å². The van der Waals surface area contributed by atoms with Crippen molar-refractivity contribution in [2.24, 2.45) is 0 Å². The molecule has 0 aliphatic rings. The Hall–Kier alpha value is -1.25. The fourth-order valence-corrected chi connectivity index (χ4v) is 2.82. The van der Waals surface area contributed by atoms with Gasteiger partial charge in [0, 0.05) is 5.92 Å². The third-order valence-corrected chi connectivity index (χ3v) is 3.92. The Kier molecular flexibility index (Phi) is 5.89. The van der Waals surface area contributed by atoms with Crippen molar-refractivity contribution < 1.29 is 14.3 Å². The van der Waals surface area contributed by atoms with Crippen molar-refractivity contribution in [2.45, 2.75) is 26.2 Å². The van der Waals surface area contributed by atoms with Gasteiger partial charge in [0.25, 0.3) is 0 Å². The van der Waals surface area contributed by atoms with Crippen LogP contribution in [0.15, 0.2) is 48.5 Å². The van der Waals surface area contributed by atoms with Gasteiger partial charge in [0.1, 0.15) is 0 Å². The lowest BCUT2D eigenvalue weighted by molar-refractivity contribution is 0.248. The second-order valence-corrected chi connectivity index (χ2v) is 6.02. The van der Waals surface area contributed by atoms with Crippen molar-refractivity contribution in [1.82, 2.24) is 0 Å². The molecule has 2 rings (SSSR count). The minimum absolute atomic E-state index is 0.194. The average molecular weight is 304 g/mol. The Morgan fingerprint density at radius 2 is 1.48 bits per heavy atom. The molecule has 0 spiro atoms. The van der Waals surface area contributed by atoms with Crippen molar-refractivity contribution in [3.8, 4) is 0 Å². The first-order valence-corrected chi connectivity index (χ1v) is 8.16. The molecule has 21 heavy (non-hydrogen) atoms. The summed E-state index contributed by atoms with van der Waals surface area (Å²) in [6, 6.07) is 16.8. The van der Waals surface area contributed by atoms with Crippen LogP contribution >= 0.6 is 8.60 Å². The highest BCUT2D eigenvalue weighted by Gasteiger charge is 2.15. The largest absolute Gasteiger partial charge is 0.328 e. The van der Waals surface area contributed by atoms with Gasteiger partial charge in [0.2, 0.25) is 0 Å². The van der Waals surface area contributed by atoms with E-state index < -0.39 is 8.60 Å². The Bertz CT molecular complexity index is 538. The first-order chi connectivity index (χ1) is 10.1. The summed E-state index contributed by atoms with van der Waals surface area (Å²) in [7, 11) is -2.28. The zero-order valence-electron chi connectivity index (χ0n) is 12.4. The molecule has 0 amide bonds. The van der Waals surface area contributed by atoms with Crippen LogP contribution in [0.4, 0.5) is 0 Å². The van der Waals surface area contributed by atoms with E-state index in [4.69, 9.17) is 14.3 Å². The third-order valence-electron chi connectivity index (χ3n) is 3.50. The van der Waals surface area contributed by atoms with E-state index in [2.05, 4.69) is 62.4 Å². The van der Waals surface area contributed by atoms with Gasteiger partial charge in [-0.2, -0.15) is 0 Å². The molecule has 3 nitrogen and oxygen atoms in total. The van der Waals surface area contributed by atoms with E-state index in [1.54, 1.807) is 0 Å². The van der Waals surface area contributed by atoms with Crippen LogP contribution in [0.5, 0.6) is 0 Å². The summed E-state index contributed by atoms with van der Waals surface area (Å²) in [5.41, 5.74) is 4.89. The van der Waals surface area contributed by atoms with Crippen molar-refractivity contribution in [3.05, 3.63) is 70.8 Å². The van der Waals surface area contributed by atoms with Gasteiger partial charge in [0.15, 0.2) is 0 Å². The molecule has 0 radical (unpaired) electrons. The summed E-state index contributed by atoms with van der Waals surface area (Å²) in [6.07, 6.45) is 0.715. The molecule has 0 aliphatic carbocycles. The lowest BCUT2D eigenvalue weighted by Crippen LogP contribution is -2.05. The van der Waals surface area contributed by atoms with Crippen LogP contribution in [0.2, 0.25) is 0 Å². The Morgan fingerprint density at radius 3 is 1.90 bits per heavy atom. The quantitative estimate of drug-likeness (QED) is 0.791. The molecule has 0 atom stereocenters. The third kappa shape index (κ3) is 4.90. The zero-order valence-corrected chi connectivity index (χ0v) is 13.3. The second-order valence-electron chi connectivity index (χ2n) is 5.26. The van der Waals surface area contributed by atoms with Crippen LogP contribution in [0.3, 0.4) is 0 Å². The van der Waals surface area contributed by atoms with Crippen LogP contribution in [0.25, 0.3) is 0 Å². The Morgan fingerprint density at radius 1 is 0.952 bits per heavy atom. The molecular weight excluding hydrogens is 283 g/mol. The molecular formula is C17H21O3P. The maximum atomic E-state index is 8.89. The SMILES string of the molecule is Cc1cccc(C(CCOP(O)O)c2cccc(C)c2)c1. The van der Waals surface area contributed by atoms with E-state index in [9.17, 15) is 0 Å². The van der Waals surface area contributed by atoms with Gasteiger partial charge in [-0.05, 0) is 31.4 Å². The molecule has 0 aromatic heterocycles. The molecule has 2 aromatic carbocycles.